The molecule has 0 saturated heterocycles. The highest BCUT2D eigenvalue weighted by Crippen LogP contribution is 2.21. The summed E-state index contributed by atoms with van der Waals surface area (Å²) in [6.07, 6.45) is 3.61. The summed E-state index contributed by atoms with van der Waals surface area (Å²) in [6.45, 7) is 0.743. The van der Waals surface area contributed by atoms with Crippen LogP contribution in [0.2, 0.25) is 0 Å². The SMILES string of the molecule is Brc1ncccc1NCc1ccnc2ccccc12. The molecular weight excluding hydrogens is 302 g/mol. The van der Waals surface area contributed by atoms with Gasteiger partial charge in [0.25, 0.3) is 0 Å². The Hall–Kier alpha value is -1.94. The van der Waals surface area contributed by atoms with Gasteiger partial charge in [0.1, 0.15) is 4.60 Å². The fourth-order valence-electron chi connectivity index (χ4n) is 2.02. The van der Waals surface area contributed by atoms with Crippen LogP contribution in [0.5, 0.6) is 0 Å². The second kappa shape index (κ2) is 5.36. The number of rotatable bonds is 3. The molecule has 0 amide bonds. The van der Waals surface area contributed by atoms with Gasteiger partial charge in [0.2, 0.25) is 0 Å². The van der Waals surface area contributed by atoms with Gasteiger partial charge in [-0.25, -0.2) is 4.98 Å². The molecule has 94 valence electrons. The number of benzene rings is 1. The molecule has 0 aliphatic carbocycles. The van der Waals surface area contributed by atoms with Gasteiger partial charge in [-0.1, -0.05) is 18.2 Å². The first kappa shape index (κ1) is 12.1. The third-order valence-electron chi connectivity index (χ3n) is 2.97. The van der Waals surface area contributed by atoms with Crippen LogP contribution >= 0.6 is 15.9 Å². The second-order valence-electron chi connectivity index (χ2n) is 4.18. The van der Waals surface area contributed by atoms with E-state index in [9.17, 15) is 0 Å². The first-order valence-corrected chi connectivity index (χ1v) is 6.81. The molecule has 2 aromatic heterocycles. The summed E-state index contributed by atoms with van der Waals surface area (Å²) in [4.78, 5) is 8.56. The first-order valence-electron chi connectivity index (χ1n) is 6.01. The fourth-order valence-corrected chi connectivity index (χ4v) is 2.41. The molecule has 4 heteroatoms. The Morgan fingerprint density at radius 1 is 0.947 bits per heavy atom. The zero-order valence-electron chi connectivity index (χ0n) is 10.2. The van der Waals surface area contributed by atoms with E-state index in [1.54, 1.807) is 6.20 Å². The minimum Gasteiger partial charge on any atom is -0.379 e. The lowest BCUT2D eigenvalue weighted by Crippen LogP contribution is -2.01. The van der Waals surface area contributed by atoms with Gasteiger partial charge in [0.05, 0.1) is 11.2 Å². The molecule has 3 nitrogen and oxygen atoms in total. The molecule has 3 aromatic rings. The molecule has 0 fully saturated rings. The number of hydrogen-bond donors (Lipinski definition) is 1. The largest absolute Gasteiger partial charge is 0.379 e. The molecule has 0 aliphatic rings. The topological polar surface area (TPSA) is 37.8 Å². The smallest absolute Gasteiger partial charge is 0.129 e. The van der Waals surface area contributed by atoms with Gasteiger partial charge < -0.3 is 5.32 Å². The molecule has 0 bridgehead atoms. The van der Waals surface area contributed by atoms with Gasteiger partial charge in [-0.3, -0.25) is 4.98 Å². The number of nitrogens with zero attached hydrogens (tertiary/aromatic N) is 2. The molecule has 2 heterocycles. The Morgan fingerprint density at radius 2 is 1.84 bits per heavy atom. The highest BCUT2D eigenvalue weighted by atomic mass is 79.9. The van der Waals surface area contributed by atoms with E-state index in [1.807, 2.05) is 42.6 Å². The van der Waals surface area contributed by atoms with Crippen molar-refractivity contribution in [3.8, 4) is 0 Å². The maximum Gasteiger partial charge on any atom is 0.129 e. The summed E-state index contributed by atoms with van der Waals surface area (Å²) in [7, 11) is 0. The molecule has 0 unspecified atom stereocenters. The first-order chi connectivity index (χ1) is 9.34. The van der Waals surface area contributed by atoms with Crippen LogP contribution in [0.15, 0.2) is 59.5 Å². The van der Waals surface area contributed by atoms with Crippen LogP contribution in [-0.4, -0.2) is 9.97 Å². The highest BCUT2D eigenvalue weighted by Gasteiger charge is 2.03. The molecule has 0 atom stereocenters. The monoisotopic (exact) mass is 313 g/mol. The zero-order chi connectivity index (χ0) is 13.1. The third kappa shape index (κ3) is 2.58. The van der Waals surface area contributed by atoms with Crippen LogP contribution in [0.25, 0.3) is 10.9 Å². The van der Waals surface area contributed by atoms with E-state index in [-0.39, 0.29) is 0 Å². The molecule has 0 radical (unpaired) electrons. The molecule has 19 heavy (non-hydrogen) atoms. The summed E-state index contributed by atoms with van der Waals surface area (Å²) >= 11 is 3.43. The maximum atomic E-state index is 4.37. The van der Waals surface area contributed by atoms with Crippen molar-refractivity contribution >= 4 is 32.5 Å². The number of para-hydroxylation sites is 1. The van der Waals surface area contributed by atoms with Crippen LogP contribution in [0, 0.1) is 0 Å². The summed E-state index contributed by atoms with van der Waals surface area (Å²) in [5, 5.41) is 4.56. The molecule has 0 saturated carbocycles. The summed E-state index contributed by atoms with van der Waals surface area (Å²) < 4.78 is 0.827. The Morgan fingerprint density at radius 3 is 2.74 bits per heavy atom. The van der Waals surface area contributed by atoms with Crippen LogP contribution in [0.1, 0.15) is 5.56 Å². The predicted molar refractivity (Wildman–Crippen MR) is 81.0 cm³/mol. The normalized spacial score (nSPS) is 10.6. The molecule has 3 rings (SSSR count). The van der Waals surface area contributed by atoms with Crippen molar-refractivity contribution < 1.29 is 0 Å². The lowest BCUT2D eigenvalue weighted by molar-refractivity contribution is 1.13. The number of hydrogen-bond acceptors (Lipinski definition) is 3. The number of aromatic nitrogens is 2. The molecule has 1 N–H and O–H groups in total. The van der Waals surface area contributed by atoms with E-state index < -0.39 is 0 Å². The summed E-state index contributed by atoms with van der Waals surface area (Å²) in [5.74, 6) is 0. The van der Waals surface area contributed by atoms with Crippen LogP contribution < -0.4 is 5.32 Å². The Labute approximate surface area is 119 Å². The van der Waals surface area contributed by atoms with Gasteiger partial charge in [-0.2, -0.15) is 0 Å². The van der Waals surface area contributed by atoms with E-state index in [2.05, 4.69) is 37.3 Å². The Balaban J connectivity index is 1.88. The van der Waals surface area contributed by atoms with E-state index in [0.29, 0.717) is 0 Å². The summed E-state index contributed by atoms with van der Waals surface area (Å²) in [5.41, 5.74) is 3.23. The van der Waals surface area contributed by atoms with Gasteiger partial charge in [-0.05, 0) is 45.8 Å². The zero-order valence-corrected chi connectivity index (χ0v) is 11.8. The van der Waals surface area contributed by atoms with Gasteiger partial charge in [-0.15, -0.1) is 0 Å². The minimum absolute atomic E-state index is 0.743. The van der Waals surface area contributed by atoms with Crippen molar-refractivity contribution in [2.45, 2.75) is 6.54 Å². The van der Waals surface area contributed by atoms with Crippen molar-refractivity contribution in [1.29, 1.82) is 0 Å². The van der Waals surface area contributed by atoms with Gasteiger partial charge in [0, 0.05) is 24.3 Å². The molecule has 0 aliphatic heterocycles. The average molecular weight is 314 g/mol. The minimum atomic E-state index is 0.743. The standard InChI is InChI=1S/C15H12BrN3/c16-15-14(6-3-8-18-15)19-10-11-7-9-17-13-5-2-1-4-12(11)13/h1-9,19H,10H2. The van der Waals surface area contributed by atoms with E-state index >= 15 is 0 Å². The predicted octanol–water partition coefficient (Wildman–Crippen LogP) is 4.00. The maximum absolute atomic E-state index is 4.37. The van der Waals surface area contributed by atoms with E-state index in [1.165, 1.54) is 10.9 Å². The number of pyridine rings is 2. The van der Waals surface area contributed by atoms with Crippen LogP contribution in [0.4, 0.5) is 5.69 Å². The molecule has 0 spiro atoms. The quantitative estimate of drug-likeness (QED) is 0.743. The molecular formula is C15H12BrN3. The average Bonchev–Trinajstić information content (AvgIpc) is 2.46. The van der Waals surface area contributed by atoms with Crippen molar-refractivity contribution in [3.05, 3.63) is 65.0 Å². The Kier molecular flexibility index (Phi) is 3.42. The van der Waals surface area contributed by atoms with E-state index in [0.717, 1.165) is 22.4 Å². The van der Waals surface area contributed by atoms with Gasteiger partial charge in [0.15, 0.2) is 0 Å². The van der Waals surface area contributed by atoms with Crippen LogP contribution in [-0.2, 0) is 6.54 Å². The van der Waals surface area contributed by atoms with Gasteiger partial charge >= 0.3 is 0 Å². The number of fused-ring (bicyclic) bond motifs is 1. The van der Waals surface area contributed by atoms with E-state index in [4.69, 9.17) is 0 Å². The van der Waals surface area contributed by atoms with Crippen molar-refractivity contribution in [3.63, 3.8) is 0 Å². The lowest BCUT2D eigenvalue weighted by atomic mass is 10.1. The van der Waals surface area contributed by atoms with Crippen molar-refractivity contribution in [1.82, 2.24) is 9.97 Å². The summed E-state index contributed by atoms with van der Waals surface area (Å²) in [6, 6.07) is 14.1. The van der Waals surface area contributed by atoms with Crippen molar-refractivity contribution in [2.24, 2.45) is 0 Å². The number of anilines is 1. The third-order valence-corrected chi connectivity index (χ3v) is 3.60. The highest BCUT2D eigenvalue weighted by molar-refractivity contribution is 9.10. The fraction of sp³-hybridized carbons (Fsp3) is 0.0667. The molecule has 1 aromatic carbocycles. The second-order valence-corrected chi connectivity index (χ2v) is 4.93. The number of nitrogens with one attached hydrogen (secondary N) is 1. The number of halogens is 1. The van der Waals surface area contributed by atoms with Crippen molar-refractivity contribution in [2.75, 3.05) is 5.32 Å². The Bertz CT molecular complexity index is 707. The lowest BCUT2D eigenvalue weighted by Gasteiger charge is -2.09. The van der Waals surface area contributed by atoms with Crippen LogP contribution in [0.3, 0.4) is 0 Å².